The number of carbonyl (C=O) groups is 1. The molecular formula is C24H29N3O3. The second-order valence-electron chi connectivity index (χ2n) is 7.37. The van der Waals surface area contributed by atoms with Crippen molar-refractivity contribution in [1.29, 1.82) is 0 Å². The number of aromatic amines is 1. The molecule has 1 heterocycles. The van der Waals surface area contributed by atoms with Gasteiger partial charge in [0.1, 0.15) is 5.75 Å². The van der Waals surface area contributed by atoms with E-state index in [0.717, 1.165) is 27.8 Å². The highest BCUT2D eigenvalue weighted by atomic mass is 16.5. The van der Waals surface area contributed by atoms with Crippen molar-refractivity contribution in [2.24, 2.45) is 0 Å². The molecule has 0 aliphatic rings. The van der Waals surface area contributed by atoms with E-state index in [4.69, 9.17) is 4.74 Å². The third kappa shape index (κ3) is 4.82. The summed E-state index contributed by atoms with van der Waals surface area (Å²) in [7, 11) is 1.62. The summed E-state index contributed by atoms with van der Waals surface area (Å²) in [6.07, 6.45) is 0. The quantitative estimate of drug-likeness (QED) is 0.635. The third-order valence-corrected chi connectivity index (χ3v) is 5.27. The first-order chi connectivity index (χ1) is 14.4. The first kappa shape index (κ1) is 21.4. The minimum absolute atomic E-state index is 0.0837. The first-order valence-corrected chi connectivity index (χ1v) is 10.2. The predicted octanol–water partition coefficient (Wildman–Crippen LogP) is 4.31. The summed E-state index contributed by atoms with van der Waals surface area (Å²) in [5, 5.41) is 0.962. The molecule has 0 aliphatic carbocycles. The van der Waals surface area contributed by atoms with Gasteiger partial charge in [0.25, 0.3) is 5.56 Å². The fraction of sp³-hybridized carbons (Fsp3) is 0.333. The number of nitrogens with zero attached hydrogens (tertiary/aromatic N) is 2. The zero-order valence-electron chi connectivity index (χ0n) is 18.1. The smallest absolute Gasteiger partial charge is 0.320 e. The average Bonchev–Trinajstić information content (AvgIpc) is 2.75. The molecule has 158 valence electrons. The van der Waals surface area contributed by atoms with Crippen molar-refractivity contribution in [3.63, 3.8) is 0 Å². The van der Waals surface area contributed by atoms with Gasteiger partial charge in [-0.25, -0.2) is 4.79 Å². The normalized spacial score (nSPS) is 10.8. The summed E-state index contributed by atoms with van der Waals surface area (Å²) in [4.78, 5) is 32.3. The number of hydrogen-bond donors (Lipinski definition) is 1. The molecule has 2 aromatic carbocycles. The van der Waals surface area contributed by atoms with Gasteiger partial charge in [0.15, 0.2) is 0 Å². The Labute approximate surface area is 177 Å². The predicted molar refractivity (Wildman–Crippen MR) is 120 cm³/mol. The van der Waals surface area contributed by atoms with E-state index >= 15 is 0 Å². The van der Waals surface area contributed by atoms with Crippen molar-refractivity contribution in [1.82, 2.24) is 14.8 Å². The van der Waals surface area contributed by atoms with E-state index in [1.165, 1.54) is 0 Å². The number of fused-ring (bicyclic) bond motifs is 1. The van der Waals surface area contributed by atoms with Crippen molar-refractivity contribution >= 4 is 16.9 Å². The Morgan fingerprint density at radius 1 is 0.967 bits per heavy atom. The second-order valence-corrected chi connectivity index (χ2v) is 7.37. The van der Waals surface area contributed by atoms with Crippen molar-refractivity contribution in [2.75, 3.05) is 20.2 Å². The van der Waals surface area contributed by atoms with E-state index < -0.39 is 0 Å². The molecule has 1 aromatic heterocycles. The summed E-state index contributed by atoms with van der Waals surface area (Å²) in [5.41, 5.74) is 3.30. The Bertz CT molecular complexity index is 1070. The standard InChI is InChI=1S/C24H29N3O3/c1-5-26(6-2)24(29)27(15-18-8-10-21(30-4)11-9-18)16-20-14-19-13-17(3)7-12-22(19)25-23(20)28/h7-14H,5-6,15-16H2,1-4H3,(H,25,28). The van der Waals surface area contributed by atoms with E-state index in [1.807, 2.05) is 69.3 Å². The number of nitrogens with one attached hydrogen (secondary N) is 1. The number of H-pyrrole nitrogens is 1. The molecule has 6 nitrogen and oxygen atoms in total. The van der Waals surface area contributed by atoms with Crippen LogP contribution in [0, 0.1) is 6.92 Å². The van der Waals surface area contributed by atoms with Gasteiger partial charge in [-0.3, -0.25) is 4.79 Å². The van der Waals surface area contributed by atoms with E-state index in [2.05, 4.69) is 4.98 Å². The molecule has 0 aliphatic heterocycles. The van der Waals surface area contributed by atoms with Crippen LogP contribution in [0.1, 0.15) is 30.5 Å². The number of amides is 2. The van der Waals surface area contributed by atoms with E-state index in [1.54, 1.807) is 16.9 Å². The molecule has 0 unspecified atom stereocenters. The van der Waals surface area contributed by atoms with Crippen LogP contribution in [0.25, 0.3) is 10.9 Å². The maximum atomic E-state index is 13.2. The zero-order chi connectivity index (χ0) is 21.7. The number of pyridine rings is 1. The van der Waals surface area contributed by atoms with Crippen LogP contribution in [0.15, 0.2) is 53.3 Å². The van der Waals surface area contributed by atoms with Gasteiger partial charge in [-0.15, -0.1) is 0 Å². The van der Waals surface area contributed by atoms with E-state index in [9.17, 15) is 9.59 Å². The van der Waals surface area contributed by atoms with Crippen LogP contribution >= 0.6 is 0 Å². The van der Waals surface area contributed by atoms with Gasteiger partial charge in [-0.1, -0.05) is 23.8 Å². The first-order valence-electron chi connectivity index (χ1n) is 10.2. The van der Waals surface area contributed by atoms with Crippen LogP contribution in [0.4, 0.5) is 4.79 Å². The number of benzene rings is 2. The molecule has 0 radical (unpaired) electrons. The molecule has 0 atom stereocenters. The Morgan fingerprint density at radius 2 is 1.67 bits per heavy atom. The summed E-state index contributed by atoms with van der Waals surface area (Å²) in [6.45, 7) is 7.80. The van der Waals surface area contributed by atoms with Gasteiger partial charge in [-0.05, 0) is 62.1 Å². The van der Waals surface area contributed by atoms with Gasteiger partial charge < -0.3 is 19.5 Å². The highest BCUT2D eigenvalue weighted by Crippen LogP contribution is 2.18. The summed E-state index contributed by atoms with van der Waals surface area (Å²) in [5.74, 6) is 0.765. The second kappa shape index (κ2) is 9.48. The van der Waals surface area contributed by atoms with Crippen LogP contribution in [-0.4, -0.2) is 41.0 Å². The lowest BCUT2D eigenvalue weighted by Gasteiger charge is -2.29. The molecule has 0 saturated carbocycles. The van der Waals surface area contributed by atoms with Crippen LogP contribution in [0.5, 0.6) is 5.75 Å². The number of hydrogen-bond acceptors (Lipinski definition) is 3. The Balaban J connectivity index is 1.94. The molecule has 0 spiro atoms. The number of carbonyl (C=O) groups excluding carboxylic acids is 1. The third-order valence-electron chi connectivity index (χ3n) is 5.27. The molecular weight excluding hydrogens is 378 g/mol. The number of urea groups is 1. The van der Waals surface area contributed by atoms with Crippen molar-refractivity contribution in [3.8, 4) is 5.75 Å². The molecule has 6 heteroatoms. The van der Waals surface area contributed by atoms with Gasteiger partial charge in [0.05, 0.1) is 13.7 Å². The molecule has 0 fully saturated rings. The van der Waals surface area contributed by atoms with E-state index in [0.29, 0.717) is 25.2 Å². The highest BCUT2D eigenvalue weighted by molar-refractivity contribution is 5.80. The largest absolute Gasteiger partial charge is 0.497 e. The van der Waals surface area contributed by atoms with Gasteiger partial charge in [0, 0.05) is 30.7 Å². The lowest BCUT2D eigenvalue weighted by molar-refractivity contribution is 0.151. The van der Waals surface area contributed by atoms with Crippen LogP contribution in [-0.2, 0) is 13.1 Å². The highest BCUT2D eigenvalue weighted by Gasteiger charge is 2.21. The maximum absolute atomic E-state index is 13.2. The SMILES string of the molecule is CCN(CC)C(=O)N(Cc1ccc(OC)cc1)Cc1cc2cc(C)ccc2[nH]c1=O. The molecule has 3 rings (SSSR count). The molecule has 0 bridgehead atoms. The Morgan fingerprint density at radius 3 is 2.30 bits per heavy atom. The minimum atomic E-state index is -0.168. The van der Waals surface area contributed by atoms with Crippen molar-refractivity contribution in [3.05, 3.63) is 75.6 Å². The lowest BCUT2D eigenvalue weighted by Crippen LogP contribution is -2.43. The number of methoxy groups -OCH3 is 1. The van der Waals surface area contributed by atoms with Crippen LogP contribution < -0.4 is 10.3 Å². The Kier molecular flexibility index (Phi) is 6.77. The maximum Gasteiger partial charge on any atom is 0.320 e. The van der Waals surface area contributed by atoms with Crippen molar-refractivity contribution < 1.29 is 9.53 Å². The average molecular weight is 408 g/mol. The van der Waals surface area contributed by atoms with Crippen LogP contribution in [0.2, 0.25) is 0 Å². The molecule has 3 aromatic rings. The molecule has 30 heavy (non-hydrogen) atoms. The van der Waals surface area contributed by atoms with Gasteiger partial charge in [0.2, 0.25) is 0 Å². The number of rotatable bonds is 7. The fourth-order valence-corrected chi connectivity index (χ4v) is 3.53. The topological polar surface area (TPSA) is 65.6 Å². The fourth-order valence-electron chi connectivity index (χ4n) is 3.53. The van der Waals surface area contributed by atoms with Gasteiger partial charge >= 0.3 is 6.03 Å². The number of aryl methyl sites for hydroxylation is 1. The summed E-state index contributed by atoms with van der Waals surface area (Å²) < 4.78 is 5.22. The van der Waals surface area contributed by atoms with Crippen LogP contribution in [0.3, 0.4) is 0 Å². The molecule has 1 N–H and O–H groups in total. The number of ether oxygens (including phenoxy) is 1. The monoisotopic (exact) mass is 407 g/mol. The lowest BCUT2D eigenvalue weighted by atomic mass is 10.1. The summed E-state index contributed by atoms with van der Waals surface area (Å²) in [6, 6.07) is 15.3. The zero-order valence-corrected chi connectivity index (χ0v) is 18.1. The van der Waals surface area contributed by atoms with Gasteiger partial charge in [-0.2, -0.15) is 0 Å². The molecule has 0 saturated heterocycles. The minimum Gasteiger partial charge on any atom is -0.497 e. The Hall–Kier alpha value is -3.28. The summed E-state index contributed by atoms with van der Waals surface area (Å²) >= 11 is 0. The molecule has 2 amide bonds. The number of aromatic nitrogens is 1. The van der Waals surface area contributed by atoms with E-state index in [-0.39, 0.29) is 18.1 Å². The van der Waals surface area contributed by atoms with Crippen molar-refractivity contribution in [2.45, 2.75) is 33.9 Å².